The maximum Gasteiger partial charge on any atom is 0.394 e. The summed E-state index contributed by atoms with van der Waals surface area (Å²) in [5, 5.41) is 0. The van der Waals surface area contributed by atoms with E-state index < -0.39 is 11.6 Å². The van der Waals surface area contributed by atoms with E-state index in [1.807, 2.05) is 6.92 Å². The van der Waals surface area contributed by atoms with Gasteiger partial charge in [0.2, 0.25) is 0 Å². The highest BCUT2D eigenvalue weighted by Gasteiger charge is 2.54. The van der Waals surface area contributed by atoms with Crippen LogP contribution in [0.3, 0.4) is 0 Å². The number of hydrogen-bond acceptors (Lipinski definition) is 0. The van der Waals surface area contributed by atoms with Crippen molar-refractivity contribution in [1.29, 1.82) is 0 Å². The Labute approximate surface area is 77.5 Å². The van der Waals surface area contributed by atoms with Crippen LogP contribution in [0.4, 0.5) is 13.2 Å². The standard InChI is InChI=1S/C10H17F3/c1-3-9(10(11,12)13)6-4-5-8(2)7-9/h8H,3-7H2,1-2H3. The van der Waals surface area contributed by atoms with Gasteiger partial charge < -0.3 is 0 Å². The third-order valence-corrected chi connectivity index (χ3v) is 3.37. The maximum absolute atomic E-state index is 12.8. The van der Waals surface area contributed by atoms with E-state index in [2.05, 4.69) is 0 Å². The summed E-state index contributed by atoms with van der Waals surface area (Å²) < 4.78 is 38.3. The highest BCUT2D eigenvalue weighted by atomic mass is 19.4. The summed E-state index contributed by atoms with van der Waals surface area (Å²) in [7, 11) is 0. The molecule has 1 aliphatic carbocycles. The minimum atomic E-state index is -4.00. The van der Waals surface area contributed by atoms with Gasteiger partial charge in [0.25, 0.3) is 0 Å². The van der Waals surface area contributed by atoms with Crippen LogP contribution in [0, 0.1) is 11.3 Å². The van der Waals surface area contributed by atoms with Crippen LogP contribution in [-0.4, -0.2) is 6.18 Å². The summed E-state index contributed by atoms with van der Waals surface area (Å²) >= 11 is 0. The fourth-order valence-corrected chi connectivity index (χ4v) is 2.44. The van der Waals surface area contributed by atoms with Crippen molar-refractivity contribution in [3.05, 3.63) is 0 Å². The Hall–Kier alpha value is -0.210. The van der Waals surface area contributed by atoms with Gasteiger partial charge in [-0.3, -0.25) is 0 Å². The Morgan fingerprint density at radius 3 is 2.31 bits per heavy atom. The van der Waals surface area contributed by atoms with E-state index in [1.54, 1.807) is 6.92 Å². The van der Waals surface area contributed by atoms with Crippen LogP contribution in [0.1, 0.15) is 46.0 Å². The first-order valence-electron chi connectivity index (χ1n) is 4.98. The van der Waals surface area contributed by atoms with Crippen LogP contribution in [0.2, 0.25) is 0 Å². The first kappa shape index (κ1) is 10.9. The summed E-state index contributed by atoms with van der Waals surface area (Å²) in [5.41, 5.74) is -1.37. The highest BCUT2D eigenvalue weighted by Crippen LogP contribution is 2.52. The maximum atomic E-state index is 12.8. The highest BCUT2D eigenvalue weighted by molar-refractivity contribution is 4.90. The quantitative estimate of drug-likeness (QED) is 0.588. The van der Waals surface area contributed by atoms with E-state index in [4.69, 9.17) is 0 Å². The molecule has 0 saturated heterocycles. The van der Waals surface area contributed by atoms with Crippen LogP contribution >= 0.6 is 0 Å². The summed E-state index contributed by atoms with van der Waals surface area (Å²) in [6, 6.07) is 0. The first-order valence-corrected chi connectivity index (χ1v) is 4.98. The molecule has 2 atom stereocenters. The average molecular weight is 194 g/mol. The molecule has 13 heavy (non-hydrogen) atoms. The van der Waals surface area contributed by atoms with E-state index >= 15 is 0 Å². The van der Waals surface area contributed by atoms with Crippen LogP contribution in [-0.2, 0) is 0 Å². The second-order valence-electron chi connectivity index (χ2n) is 4.33. The van der Waals surface area contributed by atoms with Gasteiger partial charge in [0.1, 0.15) is 0 Å². The molecule has 3 heteroatoms. The van der Waals surface area contributed by atoms with Crippen molar-refractivity contribution in [2.75, 3.05) is 0 Å². The van der Waals surface area contributed by atoms with Crippen LogP contribution < -0.4 is 0 Å². The lowest BCUT2D eigenvalue weighted by Crippen LogP contribution is -2.41. The Kier molecular flexibility index (Phi) is 2.93. The molecule has 0 amide bonds. The molecule has 2 unspecified atom stereocenters. The van der Waals surface area contributed by atoms with Crippen molar-refractivity contribution >= 4 is 0 Å². The number of halogens is 3. The van der Waals surface area contributed by atoms with Gasteiger partial charge in [-0.2, -0.15) is 13.2 Å². The number of rotatable bonds is 1. The molecule has 0 aromatic carbocycles. The molecule has 0 nitrogen and oxygen atoms in total. The van der Waals surface area contributed by atoms with Crippen molar-refractivity contribution in [2.45, 2.75) is 52.1 Å². The Morgan fingerprint density at radius 1 is 1.38 bits per heavy atom. The van der Waals surface area contributed by atoms with E-state index in [0.717, 1.165) is 12.8 Å². The van der Waals surface area contributed by atoms with Crippen LogP contribution in [0.25, 0.3) is 0 Å². The lowest BCUT2D eigenvalue weighted by molar-refractivity contribution is -0.239. The van der Waals surface area contributed by atoms with Crippen molar-refractivity contribution in [1.82, 2.24) is 0 Å². The molecule has 1 aliphatic rings. The molecule has 0 radical (unpaired) electrons. The summed E-state index contributed by atoms with van der Waals surface area (Å²) in [6.45, 7) is 3.58. The normalized spacial score (nSPS) is 36.2. The van der Waals surface area contributed by atoms with Gasteiger partial charge >= 0.3 is 6.18 Å². The minimum absolute atomic E-state index is 0.232. The molecule has 1 fully saturated rings. The van der Waals surface area contributed by atoms with Crippen LogP contribution in [0.15, 0.2) is 0 Å². The third-order valence-electron chi connectivity index (χ3n) is 3.37. The van der Waals surface area contributed by atoms with Gasteiger partial charge in [-0.1, -0.05) is 26.7 Å². The Balaban J connectivity index is 2.79. The van der Waals surface area contributed by atoms with Gasteiger partial charge in [0.15, 0.2) is 0 Å². The largest absolute Gasteiger partial charge is 0.394 e. The minimum Gasteiger partial charge on any atom is -0.171 e. The summed E-state index contributed by atoms with van der Waals surface area (Å²) in [4.78, 5) is 0. The zero-order valence-corrected chi connectivity index (χ0v) is 8.25. The molecule has 0 aromatic rings. The smallest absolute Gasteiger partial charge is 0.171 e. The third kappa shape index (κ3) is 2.00. The van der Waals surface area contributed by atoms with Gasteiger partial charge in [-0.15, -0.1) is 0 Å². The summed E-state index contributed by atoms with van der Waals surface area (Å²) in [6.07, 6.45) is -1.42. The van der Waals surface area contributed by atoms with E-state index in [-0.39, 0.29) is 12.3 Å². The predicted molar refractivity (Wildman–Crippen MR) is 46.4 cm³/mol. The number of hydrogen-bond donors (Lipinski definition) is 0. The molecule has 0 bridgehead atoms. The van der Waals surface area contributed by atoms with Gasteiger partial charge in [0, 0.05) is 0 Å². The average Bonchev–Trinajstić information content (AvgIpc) is 2.02. The fourth-order valence-electron chi connectivity index (χ4n) is 2.44. The van der Waals surface area contributed by atoms with Crippen LogP contribution in [0.5, 0.6) is 0 Å². The fraction of sp³-hybridized carbons (Fsp3) is 1.00. The SMILES string of the molecule is CCC1(C(F)(F)F)CCCC(C)C1. The van der Waals surface area contributed by atoms with Gasteiger partial charge in [-0.25, -0.2) is 0 Å². The molecule has 0 aliphatic heterocycles. The number of alkyl halides is 3. The molecular formula is C10H17F3. The Morgan fingerprint density at radius 2 is 2.00 bits per heavy atom. The molecule has 0 heterocycles. The van der Waals surface area contributed by atoms with Crippen molar-refractivity contribution in [2.24, 2.45) is 11.3 Å². The van der Waals surface area contributed by atoms with Gasteiger partial charge in [0.05, 0.1) is 5.41 Å². The zero-order chi connectivity index (χ0) is 10.1. The molecule has 0 spiro atoms. The molecular weight excluding hydrogens is 177 g/mol. The topological polar surface area (TPSA) is 0 Å². The second-order valence-corrected chi connectivity index (χ2v) is 4.33. The molecule has 1 saturated carbocycles. The molecule has 0 aromatic heterocycles. The van der Waals surface area contributed by atoms with Gasteiger partial charge in [-0.05, 0) is 25.2 Å². The first-order chi connectivity index (χ1) is 5.91. The molecule has 1 rings (SSSR count). The molecule has 0 N–H and O–H groups in total. The monoisotopic (exact) mass is 194 g/mol. The lowest BCUT2D eigenvalue weighted by Gasteiger charge is -2.40. The van der Waals surface area contributed by atoms with E-state index in [9.17, 15) is 13.2 Å². The van der Waals surface area contributed by atoms with E-state index in [1.165, 1.54) is 0 Å². The summed E-state index contributed by atoms with van der Waals surface area (Å²) in [5.74, 6) is 0.232. The molecule has 78 valence electrons. The van der Waals surface area contributed by atoms with E-state index in [0.29, 0.717) is 12.8 Å². The van der Waals surface area contributed by atoms with Crippen molar-refractivity contribution < 1.29 is 13.2 Å². The zero-order valence-electron chi connectivity index (χ0n) is 8.25. The predicted octanol–water partition coefficient (Wildman–Crippen LogP) is 4.16. The van der Waals surface area contributed by atoms with Crippen molar-refractivity contribution in [3.63, 3.8) is 0 Å². The lowest BCUT2D eigenvalue weighted by atomic mass is 9.68. The Bertz CT molecular complexity index is 173. The van der Waals surface area contributed by atoms with Crippen molar-refractivity contribution in [3.8, 4) is 0 Å². The second kappa shape index (κ2) is 3.50.